The zero-order valence-electron chi connectivity index (χ0n) is 15.3. The molecule has 0 atom stereocenters. The molecule has 0 fully saturated rings. The van der Waals surface area contributed by atoms with Crippen LogP contribution in [0.4, 0.5) is 10.1 Å². The number of benzene rings is 2. The topological polar surface area (TPSA) is 67.6 Å². The fourth-order valence-corrected chi connectivity index (χ4v) is 4.72. The predicted molar refractivity (Wildman–Crippen MR) is 109 cm³/mol. The first kappa shape index (κ1) is 19.4. The van der Waals surface area contributed by atoms with E-state index < -0.39 is 15.8 Å². The molecule has 2 aromatic carbocycles. The summed E-state index contributed by atoms with van der Waals surface area (Å²) >= 11 is 5.96. The minimum absolute atomic E-state index is 0.0214. The molecule has 0 spiro atoms. The van der Waals surface area contributed by atoms with Crippen LogP contribution in [0.25, 0.3) is 5.65 Å². The maximum absolute atomic E-state index is 14.3. The Balaban J connectivity index is 1.89. The van der Waals surface area contributed by atoms with Crippen LogP contribution in [0.15, 0.2) is 71.8 Å². The second kappa shape index (κ2) is 7.46. The molecule has 0 saturated carbocycles. The van der Waals surface area contributed by atoms with Crippen molar-refractivity contribution in [1.29, 1.82) is 0 Å². The molecule has 0 aliphatic carbocycles. The fraction of sp³-hybridized carbons (Fsp3) is 0.100. The van der Waals surface area contributed by atoms with Gasteiger partial charge in [0.25, 0.3) is 10.0 Å². The number of sulfonamides is 1. The number of aryl methyl sites for hydroxylation is 1. The molecule has 0 radical (unpaired) electrons. The van der Waals surface area contributed by atoms with Crippen LogP contribution in [-0.2, 0) is 16.6 Å². The first-order valence-electron chi connectivity index (χ1n) is 8.70. The second-order valence-corrected chi connectivity index (χ2v) is 8.66. The lowest BCUT2D eigenvalue weighted by molar-refractivity contribution is 0.585. The van der Waals surface area contributed by atoms with Gasteiger partial charge in [-0.2, -0.15) is 0 Å². The van der Waals surface area contributed by atoms with E-state index in [1.165, 1.54) is 12.1 Å². The number of hydrogen-bond acceptors (Lipinski definition) is 4. The van der Waals surface area contributed by atoms with Gasteiger partial charge in [-0.05, 0) is 49.4 Å². The molecule has 148 valence electrons. The molecule has 0 aliphatic heterocycles. The molecule has 4 aromatic rings. The second-order valence-electron chi connectivity index (χ2n) is 6.39. The van der Waals surface area contributed by atoms with Crippen molar-refractivity contribution in [3.63, 3.8) is 0 Å². The van der Waals surface area contributed by atoms with E-state index in [2.05, 4.69) is 10.2 Å². The van der Waals surface area contributed by atoms with Crippen molar-refractivity contribution in [3.05, 3.63) is 89.1 Å². The van der Waals surface area contributed by atoms with Gasteiger partial charge in [-0.25, -0.2) is 12.8 Å². The lowest BCUT2D eigenvalue weighted by Crippen LogP contribution is -2.31. The highest BCUT2D eigenvalue weighted by atomic mass is 35.5. The van der Waals surface area contributed by atoms with Crippen LogP contribution < -0.4 is 4.31 Å². The Morgan fingerprint density at radius 1 is 1.03 bits per heavy atom. The normalized spacial score (nSPS) is 11.7. The summed E-state index contributed by atoms with van der Waals surface area (Å²) in [6, 6.07) is 15.5. The van der Waals surface area contributed by atoms with Gasteiger partial charge in [0, 0.05) is 16.8 Å². The molecule has 0 unspecified atom stereocenters. The zero-order valence-corrected chi connectivity index (χ0v) is 16.9. The minimum Gasteiger partial charge on any atom is -0.286 e. The number of fused-ring (bicyclic) bond motifs is 1. The first-order valence-corrected chi connectivity index (χ1v) is 10.5. The van der Waals surface area contributed by atoms with Gasteiger partial charge in [-0.1, -0.05) is 29.8 Å². The van der Waals surface area contributed by atoms with Crippen LogP contribution in [0, 0.1) is 12.7 Å². The van der Waals surface area contributed by atoms with Crippen LogP contribution in [0.2, 0.25) is 5.02 Å². The van der Waals surface area contributed by atoms with Crippen LogP contribution in [0.1, 0.15) is 11.4 Å². The largest absolute Gasteiger partial charge is 0.286 e. The van der Waals surface area contributed by atoms with E-state index in [4.69, 9.17) is 11.6 Å². The third-order valence-electron chi connectivity index (χ3n) is 4.52. The molecule has 0 amide bonds. The Kier molecular flexibility index (Phi) is 4.97. The molecule has 4 rings (SSSR count). The fourth-order valence-electron chi connectivity index (χ4n) is 3.03. The smallest absolute Gasteiger partial charge is 0.268 e. The average molecular weight is 431 g/mol. The number of pyridine rings is 1. The van der Waals surface area contributed by atoms with Gasteiger partial charge in [0.05, 0.1) is 12.2 Å². The summed E-state index contributed by atoms with van der Waals surface area (Å²) in [5, 5.41) is 8.44. The molecule has 29 heavy (non-hydrogen) atoms. The molecule has 0 aliphatic rings. The summed E-state index contributed by atoms with van der Waals surface area (Å²) in [6.07, 6.45) is 1.69. The highest BCUT2D eigenvalue weighted by Crippen LogP contribution is 2.29. The summed E-state index contributed by atoms with van der Waals surface area (Å²) in [5.41, 5.74) is 0.809. The highest BCUT2D eigenvalue weighted by molar-refractivity contribution is 7.93. The number of anilines is 1. The number of hydrogen-bond donors (Lipinski definition) is 0. The van der Waals surface area contributed by atoms with Crippen molar-refractivity contribution in [2.75, 3.05) is 4.31 Å². The summed E-state index contributed by atoms with van der Waals surface area (Å²) < 4.78 is 44.3. The van der Waals surface area contributed by atoms with E-state index in [0.29, 0.717) is 16.5 Å². The van der Waals surface area contributed by atoms with E-state index in [1.807, 2.05) is 0 Å². The lowest BCUT2D eigenvalue weighted by atomic mass is 10.2. The maximum atomic E-state index is 14.3. The zero-order chi connectivity index (χ0) is 20.6. The van der Waals surface area contributed by atoms with E-state index in [-0.39, 0.29) is 22.7 Å². The van der Waals surface area contributed by atoms with Crippen LogP contribution in [0.5, 0.6) is 0 Å². The Bertz CT molecular complexity index is 1290. The van der Waals surface area contributed by atoms with Crippen molar-refractivity contribution >= 4 is 33.0 Å². The molecule has 9 heteroatoms. The Morgan fingerprint density at radius 2 is 1.76 bits per heavy atom. The molecule has 2 aromatic heterocycles. The van der Waals surface area contributed by atoms with Crippen molar-refractivity contribution in [2.45, 2.75) is 18.4 Å². The third kappa shape index (κ3) is 3.56. The molecule has 6 nitrogen and oxygen atoms in total. The number of nitrogens with zero attached hydrogens (tertiary/aromatic N) is 4. The minimum atomic E-state index is -4.09. The quantitative estimate of drug-likeness (QED) is 0.475. The van der Waals surface area contributed by atoms with Crippen molar-refractivity contribution in [1.82, 2.24) is 14.6 Å². The maximum Gasteiger partial charge on any atom is 0.268 e. The summed E-state index contributed by atoms with van der Waals surface area (Å²) in [6.45, 7) is 1.54. The standard InChI is InChI=1S/C20H16ClFN4O2S/c1-14-23-24-20-19(7-4-12-25(14)20)29(27,28)26(17-10-8-16(21)9-11-17)13-15-5-2-3-6-18(15)22/h2-12H,13H2,1H3. The molecule has 2 heterocycles. The predicted octanol–water partition coefficient (Wildman–Crippen LogP) is 4.23. The summed E-state index contributed by atoms with van der Waals surface area (Å²) in [7, 11) is -4.09. The summed E-state index contributed by atoms with van der Waals surface area (Å²) in [5.74, 6) is 0.0717. The number of halogens is 2. The summed E-state index contributed by atoms with van der Waals surface area (Å²) in [4.78, 5) is -0.0214. The van der Waals surface area contributed by atoms with Gasteiger partial charge in [0.2, 0.25) is 0 Å². The molecule has 0 saturated heterocycles. The van der Waals surface area contributed by atoms with Crippen LogP contribution in [-0.4, -0.2) is 23.0 Å². The Labute approximate surface area is 172 Å². The van der Waals surface area contributed by atoms with Gasteiger partial charge in [0.15, 0.2) is 5.65 Å². The molecular formula is C20H16ClFN4O2S. The van der Waals surface area contributed by atoms with E-state index in [0.717, 1.165) is 4.31 Å². The van der Waals surface area contributed by atoms with Crippen LogP contribution >= 0.6 is 11.6 Å². The molecular weight excluding hydrogens is 415 g/mol. The SMILES string of the molecule is Cc1nnc2c(S(=O)(=O)N(Cc3ccccc3F)c3ccc(Cl)cc3)cccn12. The first-order chi connectivity index (χ1) is 13.9. The van der Waals surface area contributed by atoms with Gasteiger partial charge < -0.3 is 0 Å². The Morgan fingerprint density at radius 3 is 2.48 bits per heavy atom. The van der Waals surface area contributed by atoms with Crippen molar-refractivity contribution in [3.8, 4) is 0 Å². The van der Waals surface area contributed by atoms with E-state index >= 15 is 0 Å². The van der Waals surface area contributed by atoms with E-state index in [1.54, 1.807) is 66.1 Å². The number of rotatable bonds is 5. The van der Waals surface area contributed by atoms with Crippen molar-refractivity contribution < 1.29 is 12.8 Å². The van der Waals surface area contributed by atoms with Gasteiger partial charge in [0.1, 0.15) is 16.5 Å². The molecule has 0 bridgehead atoms. The monoisotopic (exact) mass is 430 g/mol. The number of aromatic nitrogens is 3. The van der Waals surface area contributed by atoms with Gasteiger partial charge >= 0.3 is 0 Å². The van der Waals surface area contributed by atoms with Gasteiger partial charge in [-0.3, -0.25) is 8.71 Å². The van der Waals surface area contributed by atoms with Gasteiger partial charge in [-0.15, -0.1) is 10.2 Å². The van der Waals surface area contributed by atoms with E-state index in [9.17, 15) is 12.8 Å². The lowest BCUT2D eigenvalue weighted by Gasteiger charge is -2.25. The van der Waals surface area contributed by atoms with Crippen LogP contribution in [0.3, 0.4) is 0 Å². The molecule has 0 N–H and O–H groups in total. The average Bonchev–Trinajstić information content (AvgIpc) is 3.09. The Hall–Kier alpha value is -2.97. The van der Waals surface area contributed by atoms with Crippen molar-refractivity contribution in [2.24, 2.45) is 0 Å². The highest BCUT2D eigenvalue weighted by Gasteiger charge is 2.29. The third-order valence-corrected chi connectivity index (χ3v) is 6.57.